The molecule has 0 aliphatic carbocycles. The number of rotatable bonds is 11. The van der Waals surface area contributed by atoms with E-state index in [0.717, 1.165) is 22.4 Å². The number of hydrogen-bond donors (Lipinski definition) is 2. The van der Waals surface area contributed by atoms with Gasteiger partial charge in [0.15, 0.2) is 0 Å². The molecule has 0 bridgehead atoms. The van der Waals surface area contributed by atoms with Gasteiger partial charge in [-0.15, -0.1) is 0 Å². The standard InChI is InChI=1S/C33H40ClN5O5/c1-23-7-6-8-24(15-23)29-9-4-5-10-30(29)39(21-32(41)38-12-14-43-22-27(35)19-38)20-31(40)36-11-13-44-28-17-25(16-26(34)18-28)33(42)37(2)3/h4-10,15-18,27H,11-14,19-22,35H2,1-3H3,(H,36,40). The molecule has 0 aromatic heterocycles. The molecule has 1 atom stereocenters. The van der Waals surface area contributed by atoms with Gasteiger partial charge in [-0.3, -0.25) is 14.4 Å². The minimum absolute atomic E-state index is 0.00926. The van der Waals surface area contributed by atoms with Gasteiger partial charge in [0.05, 0.1) is 32.8 Å². The summed E-state index contributed by atoms with van der Waals surface area (Å²) < 4.78 is 11.3. The molecule has 3 amide bonds. The SMILES string of the molecule is Cc1cccc(-c2ccccc2N(CC(=O)NCCOc2cc(Cl)cc(C(=O)N(C)C)c2)CC(=O)N2CCOCC(N)C2)c1. The predicted octanol–water partition coefficient (Wildman–Crippen LogP) is 3.20. The van der Waals surface area contributed by atoms with Crippen molar-refractivity contribution < 1.29 is 23.9 Å². The van der Waals surface area contributed by atoms with E-state index in [-0.39, 0.29) is 50.0 Å². The normalized spacial score (nSPS) is 14.8. The van der Waals surface area contributed by atoms with Crippen LogP contribution in [0.4, 0.5) is 5.69 Å². The highest BCUT2D eigenvalue weighted by molar-refractivity contribution is 6.31. The number of nitrogens with one attached hydrogen (secondary N) is 1. The Morgan fingerprint density at radius 1 is 1.07 bits per heavy atom. The summed E-state index contributed by atoms with van der Waals surface area (Å²) in [6, 6.07) is 20.4. The molecule has 1 aliphatic rings. The minimum Gasteiger partial charge on any atom is -0.492 e. The largest absolute Gasteiger partial charge is 0.492 e. The van der Waals surface area contributed by atoms with E-state index in [1.54, 1.807) is 42.1 Å². The van der Waals surface area contributed by atoms with Crippen LogP contribution in [0.25, 0.3) is 11.1 Å². The van der Waals surface area contributed by atoms with Gasteiger partial charge in [-0.2, -0.15) is 0 Å². The van der Waals surface area contributed by atoms with Crippen molar-refractivity contribution in [3.05, 3.63) is 82.9 Å². The summed E-state index contributed by atoms with van der Waals surface area (Å²) in [6.45, 7) is 3.98. The van der Waals surface area contributed by atoms with Crippen molar-refractivity contribution in [1.82, 2.24) is 15.1 Å². The van der Waals surface area contributed by atoms with Crippen LogP contribution >= 0.6 is 11.6 Å². The zero-order valence-corrected chi connectivity index (χ0v) is 26.2. The molecule has 1 saturated heterocycles. The van der Waals surface area contributed by atoms with E-state index in [1.807, 2.05) is 49.4 Å². The summed E-state index contributed by atoms with van der Waals surface area (Å²) in [5.41, 5.74) is 10.3. The van der Waals surface area contributed by atoms with E-state index >= 15 is 0 Å². The molecule has 4 rings (SSSR count). The molecule has 1 heterocycles. The van der Waals surface area contributed by atoms with E-state index < -0.39 is 0 Å². The summed E-state index contributed by atoms with van der Waals surface area (Å²) in [5.74, 6) is -0.173. The van der Waals surface area contributed by atoms with Crippen molar-refractivity contribution in [3.63, 3.8) is 0 Å². The lowest BCUT2D eigenvalue weighted by Gasteiger charge is -2.30. The lowest BCUT2D eigenvalue weighted by molar-refractivity contribution is -0.129. The van der Waals surface area contributed by atoms with Crippen molar-refractivity contribution in [2.45, 2.75) is 13.0 Å². The second-order valence-corrected chi connectivity index (χ2v) is 11.4. The number of carbonyl (C=O) groups is 3. The second-order valence-electron chi connectivity index (χ2n) is 11.0. The predicted molar refractivity (Wildman–Crippen MR) is 172 cm³/mol. The molecule has 44 heavy (non-hydrogen) atoms. The van der Waals surface area contributed by atoms with Gasteiger partial charge in [0.1, 0.15) is 12.4 Å². The number of anilines is 1. The molecular formula is C33H40ClN5O5. The van der Waals surface area contributed by atoms with Crippen molar-refractivity contribution >= 4 is 35.0 Å². The maximum Gasteiger partial charge on any atom is 0.253 e. The Labute approximate surface area is 263 Å². The van der Waals surface area contributed by atoms with Gasteiger partial charge in [0, 0.05) is 55.1 Å². The Morgan fingerprint density at radius 3 is 2.64 bits per heavy atom. The number of carbonyl (C=O) groups excluding carboxylic acids is 3. The molecule has 0 saturated carbocycles. The Hall–Kier alpha value is -4.12. The van der Waals surface area contributed by atoms with Gasteiger partial charge in [0.2, 0.25) is 11.8 Å². The second kappa shape index (κ2) is 15.6. The van der Waals surface area contributed by atoms with Crippen LogP contribution in [0.5, 0.6) is 5.75 Å². The number of halogens is 1. The summed E-state index contributed by atoms with van der Waals surface area (Å²) in [5, 5.41) is 3.26. The van der Waals surface area contributed by atoms with Gasteiger partial charge in [-0.05, 0) is 36.8 Å². The minimum atomic E-state index is -0.272. The molecule has 234 valence electrons. The average Bonchev–Trinajstić information content (AvgIpc) is 3.22. The maximum absolute atomic E-state index is 13.5. The molecular weight excluding hydrogens is 582 g/mol. The number of amides is 3. The van der Waals surface area contributed by atoms with E-state index in [0.29, 0.717) is 42.6 Å². The van der Waals surface area contributed by atoms with Crippen LogP contribution in [-0.2, 0) is 14.3 Å². The van der Waals surface area contributed by atoms with Crippen molar-refractivity contribution in [2.75, 3.05) is 71.5 Å². The summed E-state index contributed by atoms with van der Waals surface area (Å²) in [7, 11) is 3.32. The van der Waals surface area contributed by atoms with Gasteiger partial charge >= 0.3 is 0 Å². The maximum atomic E-state index is 13.5. The third-order valence-electron chi connectivity index (χ3n) is 7.10. The van der Waals surface area contributed by atoms with Crippen LogP contribution in [-0.4, -0.2) is 100 Å². The number of benzene rings is 3. The van der Waals surface area contributed by atoms with Crippen LogP contribution in [0.2, 0.25) is 5.02 Å². The fourth-order valence-electron chi connectivity index (χ4n) is 4.97. The zero-order chi connectivity index (χ0) is 31.6. The Bertz CT molecular complexity index is 1470. The summed E-state index contributed by atoms with van der Waals surface area (Å²) in [4.78, 5) is 44.0. The van der Waals surface area contributed by atoms with Crippen LogP contribution in [0.15, 0.2) is 66.7 Å². The lowest BCUT2D eigenvalue weighted by atomic mass is 10.0. The molecule has 3 aromatic carbocycles. The Morgan fingerprint density at radius 2 is 1.86 bits per heavy atom. The highest BCUT2D eigenvalue weighted by Gasteiger charge is 2.25. The van der Waals surface area contributed by atoms with E-state index in [4.69, 9.17) is 26.8 Å². The Balaban J connectivity index is 1.46. The van der Waals surface area contributed by atoms with Gasteiger partial charge in [-0.25, -0.2) is 0 Å². The zero-order valence-electron chi connectivity index (χ0n) is 25.4. The highest BCUT2D eigenvalue weighted by Crippen LogP contribution is 2.31. The molecule has 10 nitrogen and oxygen atoms in total. The lowest BCUT2D eigenvalue weighted by Crippen LogP contribution is -2.48. The number of nitrogens with two attached hydrogens (primary N) is 1. The molecule has 11 heteroatoms. The third kappa shape index (κ3) is 9.19. The molecule has 0 spiro atoms. The number of ether oxygens (including phenoxy) is 2. The summed E-state index contributed by atoms with van der Waals surface area (Å²) >= 11 is 6.19. The number of nitrogens with zero attached hydrogens (tertiary/aromatic N) is 3. The third-order valence-corrected chi connectivity index (χ3v) is 7.32. The average molecular weight is 622 g/mol. The van der Waals surface area contributed by atoms with Crippen molar-refractivity contribution in [1.29, 1.82) is 0 Å². The van der Waals surface area contributed by atoms with E-state index in [1.165, 1.54) is 4.90 Å². The molecule has 3 aromatic rings. The quantitative estimate of drug-likeness (QED) is 0.316. The van der Waals surface area contributed by atoms with Crippen molar-refractivity contribution in [3.8, 4) is 16.9 Å². The van der Waals surface area contributed by atoms with Crippen LogP contribution < -0.4 is 20.7 Å². The van der Waals surface area contributed by atoms with Gasteiger partial charge in [-0.1, -0.05) is 59.6 Å². The first-order valence-electron chi connectivity index (χ1n) is 14.5. The fraction of sp³-hybridized carbons (Fsp3) is 0.364. The molecule has 0 radical (unpaired) electrons. The molecule has 1 unspecified atom stereocenters. The first kappa shape index (κ1) is 32.8. The van der Waals surface area contributed by atoms with Crippen LogP contribution in [0, 0.1) is 6.92 Å². The van der Waals surface area contributed by atoms with E-state index in [9.17, 15) is 14.4 Å². The van der Waals surface area contributed by atoms with Gasteiger partial charge in [0.25, 0.3) is 5.91 Å². The number of para-hydroxylation sites is 1. The fourth-order valence-corrected chi connectivity index (χ4v) is 5.20. The number of aryl methyl sites for hydroxylation is 1. The smallest absolute Gasteiger partial charge is 0.253 e. The van der Waals surface area contributed by atoms with E-state index in [2.05, 4.69) is 11.4 Å². The monoisotopic (exact) mass is 621 g/mol. The number of hydrogen-bond acceptors (Lipinski definition) is 7. The highest BCUT2D eigenvalue weighted by atomic mass is 35.5. The Kier molecular flexibility index (Phi) is 11.6. The first-order chi connectivity index (χ1) is 21.1. The molecule has 1 aliphatic heterocycles. The molecule has 1 fully saturated rings. The van der Waals surface area contributed by atoms with Crippen LogP contribution in [0.1, 0.15) is 15.9 Å². The molecule has 3 N–H and O–H groups in total. The topological polar surface area (TPSA) is 117 Å². The van der Waals surface area contributed by atoms with Gasteiger partial charge < -0.3 is 35.2 Å². The van der Waals surface area contributed by atoms with Crippen LogP contribution in [0.3, 0.4) is 0 Å². The summed E-state index contributed by atoms with van der Waals surface area (Å²) in [6.07, 6.45) is 0. The first-order valence-corrected chi connectivity index (χ1v) is 14.9. The van der Waals surface area contributed by atoms with Crippen molar-refractivity contribution in [2.24, 2.45) is 5.73 Å².